The van der Waals surface area contributed by atoms with Crippen molar-refractivity contribution in [1.82, 2.24) is 0 Å². The average Bonchev–Trinajstić information content (AvgIpc) is 2.97. The molecule has 4 aromatic rings. The summed E-state index contributed by atoms with van der Waals surface area (Å²) < 4.78 is 8.18. The molecule has 2 heterocycles. The number of nitrogens with zero attached hydrogens (tertiary/aromatic N) is 1. The van der Waals surface area contributed by atoms with Crippen LogP contribution in [0.4, 0.5) is 0 Å². The molecule has 0 atom stereocenters. The molecule has 0 bridgehead atoms. The maximum atomic E-state index is 6.04. The van der Waals surface area contributed by atoms with Crippen LogP contribution in [0, 0.1) is 0 Å². The molecule has 0 spiro atoms. The van der Waals surface area contributed by atoms with Crippen LogP contribution in [0.5, 0.6) is 0 Å². The largest absolute Gasteiger partial charge is 0.456 e. The molecule has 3 heteroatoms. The molecular formula is C23H21INO+. The zero-order chi connectivity index (χ0) is 18.5. The Labute approximate surface area is 167 Å². The lowest BCUT2D eigenvalue weighted by Gasteiger charge is -2.18. The number of fused-ring (bicyclic) bond motifs is 3. The Morgan fingerprint density at radius 2 is 1.77 bits per heavy atom. The first-order valence-electron chi connectivity index (χ1n) is 8.69. The quantitative estimate of drug-likeness (QED) is 0.309. The summed E-state index contributed by atoms with van der Waals surface area (Å²) in [6.45, 7) is 10.7. The minimum absolute atomic E-state index is 0.0976. The standard InChI is InChI=1S/C23H21INO/c1-5-15-12-22-19(17-8-6-7-9-21(17)26-22)14-18(15)20-13-16(23(2,3)4)10-11-25(20)24/h5-14H,1H2,2-4H3/q+1. The van der Waals surface area contributed by atoms with Gasteiger partial charge < -0.3 is 4.42 Å². The van der Waals surface area contributed by atoms with Gasteiger partial charge in [0, 0.05) is 22.9 Å². The first-order valence-corrected chi connectivity index (χ1v) is 9.65. The molecule has 0 aliphatic rings. The van der Waals surface area contributed by atoms with Crippen molar-refractivity contribution in [3.8, 4) is 11.3 Å². The van der Waals surface area contributed by atoms with Gasteiger partial charge in [-0.1, -0.05) is 51.6 Å². The highest BCUT2D eigenvalue weighted by atomic mass is 127. The summed E-state index contributed by atoms with van der Waals surface area (Å²) >= 11 is 2.34. The van der Waals surface area contributed by atoms with Crippen LogP contribution in [-0.4, -0.2) is 0 Å². The first kappa shape index (κ1) is 17.3. The Balaban J connectivity index is 2.04. The number of halogens is 1. The Morgan fingerprint density at radius 1 is 1.00 bits per heavy atom. The monoisotopic (exact) mass is 454 g/mol. The van der Waals surface area contributed by atoms with Crippen LogP contribution < -0.4 is 2.78 Å². The summed E-state index contributed by atoms with van der Waals surface area (Å²) in [5.41, 5.74) is 6.64. The molecule has 2 nitrogen and oxygen atoms in total. The molecule has 0 saturated carbocycles. The fourth-order valence-electron chi connectivity index (χ4n) is 3.32. The summed E-state index contributed by atoms with van der Waals surface area (Å²) in [6.07, 6.45) is 4.03. The summed E-state index contributed by atoms with van der Waals surface area (Å²) in [5, 5.41) is 2.28. The van der Waals surface area contributed by atoms with E-state index in [-0.39, 0.29) is 5.41 Å². The van der Waals surface area contributed by atoms with E-state index in [1.807, 2.05) is 18.2 Å². The summed E-state index contributed by atoms with van der Waals surface area (Å²) in [4.78, 5) is 0. The lowest BCUT2D eigenvalue weighted by Crippen LogP contribution is -2.24. The molecule has 130 valence electrons. The minimum atomic E-state index is 0.0976. The smallest absolute Gasteiger partial charge is 0.354 e. The Kier molecular flexibility index (Phi) is 4.14. The van der Waals surface area contributed by atoms with Crippen LogP contribution in [0.15, 0.2) is 65.7 Å². The van der Waals surface area contributed by atoms with Crippen molar-refractivity contribution in [3.05, 3.63) is 72.4 Å². The third-order valence-corrected chi connectivity index (χ3v) is 5.66. The van der Waals surface area contributed by atoms with Crippen LogP contribution in [0.3, 0.4) is 0 Å². The molecule has 26 heavy (non-hydrogen) atoms. The van der Waals surface area contributed by atoms with E-state index in [9.17, 15) is 0 Å². The molecule has 0 amide bonds. The number of hydrogen-bond donors (Lipinski definition) is 0. The molecule has 4 rings (SSSR count). The van der Waals surface area contributed by atoms with E-state index in [2.05, 4.69) is 95.6 Å². The molecule has 0 N–H and O–H groups in total. The van der Waals surface area contributed by atoms with E-state index >= 15 is 0 Å². The van der Waals surface area contributed by atoms with Gasteiger partial charge in [0.05, 0.1) is 5.56 Å². The van der Waals surface area contributed by atoms with Gasteiger partial charge in [-0.3, -0.25) is 0 Å². The second-order valence-corrected chi connectivity index (χ2v) is 8.64. The average molecular weight is 454 g/mol. The number of hydrogen-bond acceptors (Lipinski definition) is 1. The number of para-hydroxylation sites is 1. The number of benzene rings is 2. The molecule has 0 aliphatic heterocycles. The highest BCUT2D eigenvalue weighted by Crippen LogP contribution is 2.35. The van der Waals surface area contributed by atoms with Gasteiger partial charge in [0.2, 0.25) is 5.69 Å². The van der Waals surface area contributed by atoms with E-state index in [0.717, 1.165) is 27.5 Å². The zero-order valence-corrected chi connectivity index (χ0v) is 17.4. The molecule has 2 aromatic carbocycles. The molecule has 0 saturated heterocycles. The maximum absolute atomic E-state index is 6.04. The second-order valence-electron chi connectivity index (χ2n) is 7.60. The fraction of sp³-hybridized carbons (Fsp3) is 0.174. The van der Waals surface area contributed by atoms with Crippen LogP contribution in [0.2, 0.25) is 0 Å². The van der Waals surface area contributed by atoms with Gasteiger partial charge in [0.25, 0.3) is 0 Å². The number of rotatable bonds is 2. The molecule has 0 radical (unpaired) electrons. The Morgan fingerprint density at radius 3 is 2.50 bits per heavy atom. The van der Waals surface area contributed by atoms with Gasteiger partial charge in [0.1, 0.15) is 11.2 Å². The van der Waals surface area contributed by atoms with Crippen molar-refractivity contribution in [2.75, 3.05) is 0 Å². The summed E-state index contributed by atoms with van der Waals surface area (Å²) in [7, 11) is 0. The number of pyridine rings is 1. The van der Waals surface area contributed by atoms with Crippen LogP contribution in [0.1, 0.15) is 31.9 Å². The van der Waals surface area contributed by atoms with Gasteiger partial charge >= 0.3 is 22.9 Å². The van der Waals surface area contributed by atoms with E-state index in [1.54, 1.807) is 0 Å². The third kappa shape index (κ3) is 2.84. The lowest BCUT2D eigenvalue weighted by atomic mass is 9.86. The molecule has 0 aliphatic carbocycles. The van der Waals surface area contributed by atoms with E-state index < -0.39 is 0 Å². The van der Waals surface area contributed by atoms with E-state index in [1.165, 1.54) is 16.8 Å². The van der Waals surface area contributed by atoms with Crippen LogP contribution in [-0.2, 0) is 5.41 Å². The van der Waals surface area contributed by atoms with Crippen molar-refractivity contribution < 1.29 is 7.20 Å². The fourth-order valence-corrected chi connectivity index (χ4v) is 3.88. The van der Waals surface area contributed by atoms with Crippen LogP contribution in [0.25, 0.3) is 39.3 Å². The number of aromatic nitrogens is 1. The van der Waals surface area contributed by atoms with Gasteiger partial charge in [-0.05, 0) is 34.7 Å². The molecule has 0 fully saturated rings. The van der Waals surface area contributed by atoms with Crippen LogP contribution >= 0.6 is 22.9 Å². The van der Waals surface area contributed by atoms with Crippen molar-refractivity contribution in [1.29, 1.82) is 0 Å². The Bertz CT molecular complexity index is 1150. The maximum Gasteiger partial charge on any atom is 0.354 e. The predicted octanol–water partition coefficient (Wildman–Crippen LogP) is 6.68. The SMILES string of the molecule is C=Cc1cc2oc3ccccc3c2cc1-c1cc(C(C)(C)C)cc[n+]1I. The third-order valence-electron chi connectivity index (χ3n) is 4.82. The summed E-state index contributed by atoms with van der Waals surface area (Å²) in [5.74, 6) is 0. The second kappa shape index (κ2) is 6.23. The van der Waals surface area contributed by atoms with Gasteiger partial charge in [-0.25, -0.2) is 0 Å². The van der Waals surface area contributed by atoms with Crippen molar-refractivity contribution in [3.63, 3.8) is 0 Å². The highest BCUT2D eigenvalue weighted by molar-refractivity contribution is 14.1. The van der Waals surface area contributed by atoms with Gasteiger partial charge in [0.15, 0.2) is 6.20 Å². The highest BCUT2D eigenvalue weighted by Gasteiger charge is 2.22. The first-order chi connectivity index (χ1) is 12.4. The van der Waals surface area contributed by atoms with Gasteiger partial charge in [-0.2, -0.15) is 0 Å². The predicted molar refractivity (Wildman–Crippen MR) is 118 cm³/mol. The summed E-state index contributed by atoms with van der Waals surface area (Å²) in [6, 6.07) is 17.0. The van der Waals surface area contributed by atoms with E-state index in [0.29, 0.717) is 0 Å². The molecule has 0 unspecified atom stereocenters. The zero-order valence-electron chi connectivity index (χ0n) is 15.2. The van der Waals surface area contributed by atoms with Crippen molar-refractivity contribution >= 4 is 50.9 Å². The Hall–Kier alpha value is -2.14. The lowest BCUT2D eigenvalue weighted by molar-refractivity contribution is -0.427. The van der Waals surface area contributed by atoms with E-state index in [4.69, 9.17) is 4.42 Å². The normalized spacial score (nSPS) is 12.0. The van der Waals surface area contributed by atoms with Gasteiger partial charge in [-0.15, -0.1) is 2.78 Å². The minimum Gasteiger partial charge on any atom is -0.456 e. The molecule has 2 aromatic heterocycles. The number of furan rings is 1. The van der Waals surface area contributed by atoms with Crippen molar-refractivity contribution in [2.24, 2.45) is 0 Å². The molecular weight excluding hydrogens is 433 g/mol. The topological polar surface area (TPSA) is 17.0 Å². The van der Waals surface area contributed by atoms with Crippen molar-refractivity contribution in [2.45, 2.75) is 26.2 Å².